The highest BCUT2D eigenvalue weighted by atomic mass is 14.5. The molecule has 0 fully saturated rings. The minimum Gasteiger partial charge on any atom is -0.0988 e. The van der Waals surface area contributed by atoms with E-state index in [0.717, 1.165) is 0 Å². The van der Waals surface area contributed by atoms with E-state index in [1.165, 1.54) is 24.0 Å². The monoisotopic (exact) mass is 204 g/mol. The number of rotatable bonds is 4. The minimum atomic E-state index is 0.424. The first kappa shape index (κ1) is 12.3. The highest BCUT2D eigenvalue weighted by Crippen LogP contribution is 2.52. The predicted octanol–water partition coefficient (Wildman–Crippen LogP) is 4.75. The summed E-state index contributed by atoms with van der Waals surface area (Å²) >= 11 is 0. The van der Waals surface area contributed by atoms with Gasteiger partial charge >= 0.3 is 0 Å². The Hall–Kier alpha value is -0.780. The second kappa shape index (κ2) is 4.38. The molecule has 0 heterocycles. The van der Waals surface area contributed by atoms with Crippen LogP contribution in [0.3, 0.4) is 0 Å². The number of allylic oxidation sites excluding steroid dienone is 4. The van der Waals surface area contributed by atoms with Gasteiger partial charge in [-0.25, -0.2) is 0 Å². The Morgan fingerprint density at radius 2 is 1.27 bits per heavy atom. The molecule has 0 aromatic rings. The zero-order chi connectivity index (χ0) is 11.6. The summed E-state index contributed by atoms with van der Waals surface area (Å²) in [5.74, 6) is 1.43. The van der Waals surface area contributed by atoms with Crippen LogP contribution in [0.5, 0.6) is 0 Å². The van der Waals surface area contributed by atoms with E-state index in [1.54, 1.807) is 0 Å². The smallest absolute Gasteiger partial charge is 0.0170 e. The summed E-state index contributed by atoms with van der Waals surface area (Å²) in [6.45, 7) is 17.2. The molecule has 0 unspecified atom stereocenters. The van der Waals surface area contributed by atoms with Crippen LogP contribution in [0.4, 0.5) is 0 Å². The van der Waals surface area contributed by atoms with Crippen molar-refractivity contribution in [1.82, 2.24) is 0 Å². The molecule has 1 aliphatic rings. The van der Waals surface area contributed by atoms with Gasteiger partial charge in [-0.1, -0.05) is 53.0 Å². The number of hydrogen-bond donors (Lipinski definition) is 0. The van der Waals surface area contributed by atoms with E-state index < -0.39 is 0 Å². The Morgan fingerprint density at radius 1 is 0.933 bits per heavy atom. The van der Waals surface area contributed by atoms with Crippen molar-refractivity contribution in [2.75, 3.05) is 0 Å². The van der Waals surface area contributed by atoms with Crippen LogP contribution in [0.25, 0.3) is 0 Å². The predicted molar refractivity (Wildman–Crippen MR) is 68.8 cm³/mol. The van der Waals surface area contributed by atoms with Crippen LogP contribution in [0.15, 0.2) is 36.5 Å². The van der Waals surface area contributed by atoms with E-state index >= 15 is 0 Å². The van der Waals surface area contributed by atoms with Crippen LogP contribution in [-0.2, 0) is 0 Å². The van der Waals surface area contributed by atoms with Crippen LogP contribution < -0.4 is 0 Å². The topological polar surface area (TPSA) is 0 Å². The summed E-state index contributed by atoms with van der Waals surface area (Å²) < 4.78 is 0. The van der Waals surface area contributed by atoms with E-state index in [0.29, 0.717) is 17.3 Å². The SMILES string of the molecule is C=CC1=C(C=C)CC(C(C)C)(C(C)C)C1. The van der Waals surface area contributed by atoms with Crippen LogP contribution in [0.2, 0.25) is 0 Å². The van der Waals surface area contributed by atoms with Gasteiger partial charge in [0.2, 0.25) is 0 Å². The molecule has 0 aromatic carbocycles. The molecule has 1 rings (SSSR count). The maximum atomic E-state index is 3.92. The minimum absolute atomic E-state index is 0.424. The van der Waals surface area contributed by atoms with E-state index in [9.17, 15) is 0 Å². The van der Waals surface area contributed by atoms with E-state index in [-0.39, 0.29) is 0 Å². The zero-order valence-electron chi connectivity index (χ0n) is 10.6. The molecular formula is C15H24. The lowest BCUT2D eigenvalue weighted by Gasteiger charge is -2.38. The van der Waals surface area contributed by atoms with Crippen molar-refractivity contribution in [3.63, 3.8) is 0 Å². The van der Waals surface area contributed by atoms with Crippen LogP contribution in [0.1, 0.15) is 40.5 Å². The fourth-order valence-electron chi connectivity index (χ4n) is 2.89. The largest absolute Gasteiger partial charge is 0.0988 e. The first-order valence-corrected chi connectivity index (χ1v) is 5.94. The lowest BCUT2D eigenvalue weighted by molar-refractivity contribution is 0.126. The van der Waals surface area contributed by atoms with Gasteiger partial charge in [-0.05, 0) is 41.2 Å². The molecule has 0 spiro atoms. The zero-order valence-corrected chi connectivity index (χ0v) is 10.6. The Morgan fingerprint density at radius 3 is 1.47 bits per heavy atom. The summed E-state index contributed by atoms with van der Waals surface area (Å²) in [6.07, 6.45) is 6.38. The molecule has 0 saturated heterocycles. The second-order valence-electron chi connectivity index (χ2n) is 5.35. The molecule has 0 nitrogen and oxygen atoms in total. The van der Waals surface area contributed by atoms with Crippen molar-refractivity contribution in [2.24, 2.45) is 17.3 Å². The van der Waals surface area contributed by atoms with Crippen LogP contribution >= 0.6 is 0 Å². The molecule has 84 valence electrons. The third-order valence-electron chi connectivity index (χ3n) is 4.24. The third kappa shape index (κ3) is 1.95. The van der Waals surface area contributed by atoms with Crippen molar-refractivity contribution in [1.29, 1.82) is 0 Å². The Balaban J connectivity index is 3.03. The first-order chi connectivity index (χ1) is 6.97. The van der Waals surface area contributed by atoms with Crippen molar-refractivity contribution in [3.8, 4) is 0 Å². The van der Waals surface area contributed by atoms with Crippen molar-refractivity contribution in [2.45, 2.75) is 40.5 Å². The highest BCUT2D eigenvalue weighted by Gasteiger charge is 2.41. The van der Waals surface area contributed by atoms with Crippen molar-refractivity contribution in [3.05, 3.63) is 36.5 Å². The molecule has 0 aliphatic heterocycles. The van der Waals surface area contributed by atoms with Gasteiger partial charge in [0.25, 0.3) is 0 Å². The van der Waals surface area contributed by atoms with Crippen LogP contribution in [0, 0.1) is 17.3 Å². The molecule has 0 N–H and O–H groups in total. The summed E-state index contributed by atoms with van der Waals surface area (Å²) in [7, 11) is 0. The molecule has 0 bridgehead atoms. The molecule has 0 heteroatoms. The average molecular weight is 204 g/mol. The van der Waals surface area contributed by atoms with Gasteiger partial charge < -0.3 is 0 Å². The van der Waals surface area contributed by atoms with Crippen LogP contribution in [-0.4, -0.2) is 0 Å². The molecule has 0 aromatic heterocycles. The molecule has 15 heavy (non-hydrogen) atoms. The Bertz CT molecular complexity index is 259. The normalized spacial score (nSPS) is 20.1. The highest BCUT2D eigenvalue weighted by molar-refractivity contribution is 5.38. The lowest BCUT2D eigenvalue weighted by atomic mass is 9.66. The fourth-order valence-corrected chi connectivity index (χ4v) is 2.89. The van der Waals surface area contributed by atoms with Crippen molar-refractivity contribution < 1.29 is 0 Å². The van der Waals surface area contributed by atoms with Gasteiger partial charge in [-0.2, -0.15) is 0 Å². The maximum absolute atomic E-state index is 3.92. The Kier molecular flexibility index (Phi) is 3.59. The Labute approximate surface area is 94.8 Å². The average Bonchev–Trinajstić information content (AvgIpc) is 2.57. The van der Waals surface area contributed by atoms with Gasteiger partial charge in [0.05, 0.1) is 0 Å². The van der Waals surface area contributed by atoms with E-state index in [1.807, 2.05) is 12.2 Å². The fraction of sp³-hybridized carbons (Fsp3) is 0.600. The number of hydrogen-bond acceptors (Lipinski definition) is 0. The summed E-state index contributed by atoms with van der Waals surface area (Å²) in [6, 6.07) is 0. The molecule has 0 radical (unpaired) electrons. The van der Waals surface area contributed by atoms with Gasteiger partial charge in [-0.3, -0.25) is 0 Å². The third-order valence-corrected chi connectivity index (χ3v) is 4.24. The van der Waals surface area contributed by atoms with Gasteiger partial charge in [0.1, 0.15) is 0 Å². The summed E-state index contributed by atoms with van der Waals surface area (Å²) in [5.41, 5.74) is 3.24. The van der Waals surface area contributed by atoms with E-state index in [2.05, 4.69) is 40.9 Å². The molecule has 0 saturated carbocycles. The van der Waals surface area contributed by atoms with Gasteiger partial charge in [0, 0.05) is 0 Å². The standard InChI is InChI=1S/C15H24/c1-7-13-9-15(11(3)4,12(5)6)10-14(13)8-2/h7-8,11-12H,1-2,9-10H2,3-6H3. The molecule has 1 aliphatic carbocycles. The molecule has 0 amide bonds. The van der Waals surface area contributed by atoms with Gasteiger partial charge in [0.15, 0.2) is 0 Å². The lowest BCUT2D eigenvalue weighted by Crippen LogP contribution is -2.30. The summed E-state index contributed by atoms with van der Waals surface area (Å²) in [4.78, 5) is 0. The quantitative estimate of drug-likeness (QED) is 0.620. The van der Waals surface area contributed by atoms with Gasteiger partial charge in [-0.15, -0.1) is 0 Å². The summed E-state index contributed by atoms with van der Waals surface area (Å²) in [5, 5.41) is 0. The maximum Gasteiger partial charge on any atom is -0.0170 e. The second-order valence-corrected chi connectivity index (χ2v) is 5.35. The van der Waals surface area contributed by atoms with Crippen molar-refractivity contribution >= 4 is 0 Å². The first-order valence-electron chi connectivity index (χ1n) is 5.94. The molecule has 0 atom stereocenters. The van der Waals surface area contributed by atoms with E-state index in [4.69, 9.17) is 0 Å². The molecular weight excluding hydrogens is 180 g/mol.